The molecule has 1 aromatic carbocycles. The Hall–Kier alpha value is -0.550. The van der Waals surface area contributed by atoms with Gasteiger partial charge >= 0.3 is 0 Å². The van der Waals surface area contributed by atoms with Gasteiger partial charge in [0.05, 0.1) is 0 Å². The van der Waals surface area contributed by atoms with Crippen molar-refractivity contribution in [1.29, 1.82) is 0 Å². The Morgan fingerprint density at radius 3 is 1.67 bits per heavy atom. The van der Waals surface area contributed by atoms with E-state index in [0.717, 1.165) is 18.1 Å². The summed E-state index contributed by atoms with van der Waals surface area (Å²) < 4.78 is 12.3. The van der Waals surface area contributed by atoms with Gasteiger partial charge in [-0.25, -0.2) is 0 Å². The number of unbranched alkanes of at least 4 members (excludes halogenated alkanes) is 2. The molecule has 2 heteroatoms. The van der Waals surface area contributed by atoms with E-state index in [0.29, 0.717) is 0 Å². The molecule has 0 heterocycles. The van der Waals surface area contributed by atoms with Crippen molar-refractivity contribution in [1.82, 2.24) is 0 Å². The van der Waals surface area contributed by atoms with E-state index < -0.39 is 7.14 Å². The molecule has 0 fully saturated rings. The largest absolute Gasteiger partial charge is 0.319 e. The third-order valence-corrected chi connectivity index (χ3v) is 4.80. The van der Waals surface area contributed by atoms with Crippen LogP contribution in [0.4, 0.5) is 0 Å². The standard InChI is InChI=1S/C16H27OP/c1-5-7-9-14-11-15(10-8-6-2)13-16(12-14)18(3,4)17/h11-13H,5-10H2,1-4H3. The first-order chi connectivity index (χ1) is 8.47. The van der Waals surface area contributed by atoms with Crippen LogP contribution in [0.15, 0.2) is 18.2 Å². The Bertz CT molecular complexity index is 391. The normalized spacial score (nSPS) is 11.8. The summed E-state index contributed by atoms with van der Waals surface area (Å²) in [4.78, 5) is 0. The quantitative estimate of drug-likeness (QED) is 0.658. The van der Waals surface area contributed by atoms with Crippen molar-refractivity contribution in [2.45, 2.75) is 52.4 Å². The van der Waals surface area contributed by atoms with Crippen LogP contribution in [-0.2, 0) is 17.4 Å². The number of hydrogen-bond acceptors (Lipinski definition) is 1. The molecule has 0 amide bonds. The average Bonchev–Trinajstić information content (AvgIpc) is 2.32. The number of benzene rings is 1. The van der Waals surface area contributed by atoms with Crippen molar-refractivity contribution in [3.63, 3.8) is 0 Å². The molecule has 1 nitrogen and oxygen atoms in total. The van der Waals surface area contributed by atoms with Gasteiger partial charge in [-0.1, -0.05) is 32.8 Å². The Kier molecular flexibility index (Phi) is 6.15. The minimum Gasteiger partial charge on any atom is -0.319 e. The van der Waals surface area contributed by atoms with Gasteiger partial charge in [0.25, 0.3) is 0 Å². The third-order valence-electron chi connectivity index (χ3n) is 3.30. The van der Waals surface area contributed by atoms with Crippen LogP contribution in [0.1, 0.15) is 50.7 Å². The van der Waals surface area contributed by atoms with Gasteiger partial charge in [-0.05, 0) is 62.3 Å². The van der Waals surface area contributed by atoms with Crippen molar-refractivity contribution in [2.24, 2.45) is 0 Å². The van der Waals surface area contributed by atoms with E-state index in [1.54, 1.807) is 0 Å². The maximum atomic E-state index is 12.3. The van der Waals surface area contributed by atoms with Crippen molar-refractivity contribution in [2.75, 3.05) is 13.3 Å². The molecule has 0 saturated heterocycles. The highest BCUT2D eigenvalue weighted by Crippen LogP contribution is 2.35. The smallest absolute Gasteiger partial charge is 0.109 e. The zero-order valence-corrected chi connectivity index (χ0v) is 13.2. The van der Waals surface area contributed by atoms with Crippen LogP contribution in [-0.4, -0.2) is 13.3 Å². The molecule has 0 unspecified atom stereocenters. The SMILES string of the molecule is CCCCc1cc(CCCC)cc(P(C)(C)=O)c1. The van der Waals surface area contributed by atoms with E-state index in [1.807, 2.05) is 13.3 Å². The fourth-order valence-corrected chi connectivity index (χ4v) is 3.06. The van der Waals surface area contributed by atoms with E-state index in [1.165, 1.54) is 36.8 Å². The summed E-state index contributed by atoms with van der Waals surface area (Å²) in [6.07, 6.45) is 7.09. The monoisotopic (exact) mass is 266 g/mol. The molecular weight excluding hydrogens is 239 g/mol. The molecule has 1 rings (SSSR count). The predicted octanol–water partition coefficient (Wildman–Crippen LogP) is 4.62. The lowest BCUT2D eigenvalue weighted by Gasteiger charge is -2.12. The van der Waals surface area contributed by atoms with Crippen LogP contribution in [0.2, 0.25) is 0 Å². The van der Waals surface area contributed by atoms with Gasteiger partial charge in [-0.15, -0.1) is 0 Å². The maximum absolute atomic E-state index is 12.3. The van der Waals surface area contributed by atoms with Gasteiger partial charge in [-0.3, -0.25) is 0 Å². The summed E-state index contributed by atoms with van der Waals surface area (Å²) in [6, 6.07) is 6.63. The molecule has 0 spiro atoms. The van der Waals surface area contributed by atoms with Crippen LogP contribution in [0.3, 0.4) is 0 Å². The molecule has 0 aliphatic rings. The molecule has 0 N–H and O–H groups in total. The van der Waals surface area contributed by atoms with Gasteiger partial charge in [0.2, 0.25) is 0 Å². The Morgan fingerprint density at radius 1 is 0.889 bits per heavy atom. The Balaban J connectivity index is 3.00. The first-order valence-electron chi connectivity index (χ1n) is 7.15. The summed E-state index contributed by atoms with van der Waals surface area (Å²) in [5.41, 5.74) is 2.73. The molecule has 18 heavy (non-hydrogen) atoms. The van der Waals surface area contributed by atoms with Crippen LogP contribution >= 0.6 is 7.14 Å². The van der Waals surface area contributed by atoms with Crippen LogP contribution in [0, 0.1) is 0 Å². The van der Waals surface area contributed by atoms with Crippen molar-refractivity contribution < 1.29 is 4.57 Å². The van der Waals surface area contributed by atoms with E-state index in [-0.39, 0.29) is 0 Å². The highest BCUT2D eigenvalue weighted by Gasteiger charge is 2.13. The minimum absolute atomic E-state index is 1.06. The second-order valence-corrected chi connectivity index (χ2v) is 8.78. The number of rotatable bonds is 7. The minimum atomic E-state index is -2.14. The highest BCUT2D eigenvalue weighted by atomic mass is 31.2. The van der Waals surface area contributed by atoms with Crippen molar-refractivity contribution in [3.8, 4) is 0 Å². The lowest BCUT2D eigenvalue weighted by Crippen LogP contribution is -2.07. The average molecular weight is 266 g/mol. The molecule has 0 aliphatic carbocycles. The first kappa shape index (κ1) is 15.5. The lowest BCUT2D eigenvalue weighted by atomic mass is 10.0. The second kappa shape index (κ2) is 7.14. The van der Waals surface area contributed by atoms with E-state index in [2.05, 4.69) is 32.0 Å². The van der Waals surface area contributed by atoms with Gasteiger partial charge in [0, 0.05) is 5.30 Å². The molecular formula is C16H27OP. The second-order valence-electron chi connectivity index (χ2n) is 5.57. The van der Waals surface area contributed by atoms with Gasteiger partial charge < -0.3 is 4.57 Å². The van der Waals surface area contributed by atoms with Crippen molar-refractivity contribution in [3.05, 3.63) is 29.3 Å². The molecule has 1 aromatic rings. The van der Waals surface area contributed by atoms with Gasteiger partial charge in [0.15, 0.2) is 0 Å². The summed E-state index contributed by atoms with van der Waals surface area (Å²) in [6.45, 7) is 8.17. The van der Waals surface area contributed by atoms with Gasteiger partial charge in [-0.2, -0.15) is 0 Å². The molecule has 0 aromatic heterocycles. The summed E-state index contributed by atoms with van der Waals surface area (Å²) in [5, 5.41) is 1.06. The summed E-state index contributed by atoms with van der Waals surface area (Å²) in [5.74, 6) is 0. The van der Waals surface area contributed by atoms with E-state index >= 15 is 0 Å². The predicted molar refractivity (Wildman–Crippen MR) is 82.8 cm³/mol. The zero-order valence-electron chi connectivity index (χ0n) is 12.3. The van der Waals surface area contributed by atoms with Crippen LogP contribution in [0.25, 0.3) is 0 Å². The molecule has 0 saturated carbocycles. The van der Waals surface area contributed by atoms with Gasteiger partial charge in [0.1, 0.15) is 7.14 Å². The fraction of sp³-hybridized carbons (Fsp3) is 0.625. The van der Waals surface area contributed by atoms with Crippen LogP contribution in [0.5, 0.6) is 0 Å². The first-order valence-corrected chi connectivity index (χ1v) is 9.76. The molecule has 102 valence electrons. The third kappa shape index (κ3) is 4.98. The number of aryl methyl sites for hydroxylation is 2. The maximum Gasteiger partial charge on any atom is 0.109 e. The van der Waals surface area contributed by atoms with E-state index in [9.17, 15) is 4.57 Å². The molecule has 0 radical (unpaired) electrons. The number of hydrogen-bond donors (Lipinski definition) is 0. The molecule has 0 aliphatic heterocycles. The molecule has 0 atom stereocenters. The lowest BCUT2D eigenvalue weighted by molar-refractivity contribution is 0.588. The zero-order chi connectivity index (χ0) is 13.6. The van der Waals surface area contributed by atoms with E-state index in [4.69, 9.17) is 0 Å². The molecule has 0 bridgehead atoms. The summed E-state index contributed by atoms with van der Waals surface area (Å²) in [7, 11) is -2.14. The fourth-order valence-electron chi connectivity index (χ4n) is 2.10. The highest BCUT2D eigenvalue weighted by molar-refractivity contribution is 7.70. The Morgan fingerprint density at radius 2 is 1.33 bits per heavy atom. The van der Waals surface area contributed by atoms with Crippen molar-refractivity contribution >= 4 is 12.4 Å². The summed E-state index contributed by atoms with van der Waals surface area (Å²) >= 11 is 0. The topological polar surface area (TPSA) is 17.1 Å². The Labute approximate surface area is 112 Å². The van der Waals surface area contributed by atoms with Crippen LogP contribution < -0.4 is 5.30 Å².